The van der Waals surface area contributed by atoms with E-state index in [1.165, 1.54) is 29.2 Å². The number of hydrogen-bond acceptors (Lipinski definition) is 2. The van der Waals surface area contributed by atoms with Crippen molar-refractivity contribution in [3.05, 3.63) is 58.3 Å². The van der Waals surface area contributed by atoms with Crippen LogP contribution < -0.4 is 15.5 Å². The molecule has 0 bridgehead atoms. The van der Waals surface area contributed by atoms with Crippen molar-refractivity contribution in [2.45, 2.75) is 12.5 Å². The van der Waals surface area contributed by atoms with Gasteiger partial charge in [0.1, 0.15) is 5.82 Å². The lowest BCUT2D eigenvalue weighted by atomic mass is 10.2. The van der Waals surface area contributed by atoms with Crippen LogP contribution in [0, 0.1) is 5.82 Å². The minimum absolute atomic E-state index is 0.141. The second kappa shape index (κ2) is 7.29. The summed E-state index contributed by atoms with van der Waals surface area (Å²) in [6, 6.07) is 9.69. The van der Waals surface area contributed by atoms with Gasteiger partial charge in [0.25, 0.3) is 0 Å². The van der Waals surface area contributed by atoms with Gasteiger partial charge in [-0.3, -0.25) is 4.79 Å². The fourth-order valence-electron chi connectivity index (χ4n) is 2.62. The van der Waals surface area contributed by atoms with Gasteiger partial charge < -0.3 is 15.5 Å². The highest BCUT2D eigenvalue weighted by molar-refractivity contribution is 6.43. The van der Waals surface area contributed by atoms with Crippen molar-refractivity contribution in [3.8, 4) is 0 Å². The zero-order chi connectivity index (χ0) is 18.0. The van der Waals surface area contributed by atoms with E-state index >= 15 is 0 Å². The largest absolute Gasteiger partial charge is 0.333 e. The Morgan fingerprint density at radius 2 is 1.88 bits per heavy atom. The Kier molecular flexibility index (Phi) is 5.11. The van der Waals surface area contributed by atoms with E-state index in [9.17, 15) is 14.0 Å². The summed E-state index contributed by atoms with van der Waals surface area (Å²) in [5.41, 5.74) is 0.973. The number of amides is 3. The molecule has 2 N–H and O–H groups in total. The van der Waals surface area contributed by atoms with Crippen LogP contribution in [-0.4, -0.2) is 24.5 Å². The maximum atomic E-state index is 13.0. The Balaban J connectivity index is 1.62. The Morgan fingerprint density at radius 3 is 2.60 bits per heavy atom. The molecule has 8 heteroatoms. The minimum atomic E-state index is -0.483. The van der Waals surface area contributed by atoms with Crippen LogP contribution >= 0.6 is 23.2 Å². The third kappa shape index (κ3) is 4.03. The van der Waals surface area contributed by atoms with E-state index in [4.69, 9.17) is 23.2 Å². The highest BCUT2D eigenvalue weighted by Gasteiger charge is 2.31. The molecule has 2 aromatic rings. The van der Waals surface area contributed by atoms with E-state index in [2.05, 4.69) is 10.6 Å². The summed E-state index contributed by atoms with van der Waals surface area (Å²) in [6.07, 6.45) is 0.161. The Labute approximate surface area is 153 Å². The quantitative estimate of drug-likeness (QED) is 0.841. The van der Waals surface area contributed by atoms with Gasteiger partial charge in [-0.05, 0) is 36.4 Å². The molecule has 25 heavy (non-hydrogen) atoms. The molecule has 5 nitrogen and oxygen atoms in total. The fourth-order valence-corrected chi connectivity index (χ4v) is 2.97. The van der Waals surface area contributed by atoms with Crippen molar-refractivity contribution in [1.29, 1.82) is 0 Å². The molecule has 1 saturated heterocycles. The highest BCUT2D eigenvalue weighted by Crippen LogP contribution is 2.29. The minimum Gasteiger partial charge on any atom is -0.333 e. The first-order chi connectivity index (χ1) is 11.9. The lowest BCUT2D eigenvalue weighted by Crippen LogP contribution is -2.39. The molecule has 1 aliphatic rings. The topological polar surface area (TPSA) is 61.4 Å². The third-order valence-corrected chi connectivity index (χ3v) is 4.62. The molecular formula is C17H14Cl2FN3O2. The van der Waals surface area contributed by atoms with E-state index in [0.717, 1.165) is 0 Å². The van der Waals surface area contributed by atoms with Crippen LogP contribution in [0.3, 0.4) is 0 Å². The number of carbonyl (C=O) groups is 2. The van der Waals surface area contributed by atoms with Crippen molar-refractivity contribution in [2.75, 3.05) is 16.8 Å². The van der Waals surface area contributed by atoms with E-state index < -0.39 is 6.03 Å². The molecule has 0 unspecified atom stereocenters. The van der Waals surface area contributed by atoms with Crippen molar-refractivity contribution in [1.82, 2.24) is 5.32 Å². The standard InChI is InChI=1S/C17H14Cl2FN3O2/c18-13-2-1-3-14(16(13)19)22-17(25)21-11-8-15(24)23(9-11)12-6-4-10(20)5-7-12/h1-7,11H,8-9H2,(H2,21,22,25)/t11-/m0/s1. The number of nitrogens with one attached hydrogen (secondary N) is 2. The van der Waals surface area contributed by atoms with E-state index in [1.807, 2.05) is 0 Å². The molecule has 1 aliphatic heterocycles. The maximum absolute atomic E-state index is 13.0. The first-order valence-electron chi connectivity index (χ1n) is 7.51. The van der Waals surface area contributed by atoms with Crippen LogP contribution in [0.15, 0.2) is 42.5 Å². The Hall–Kier alpha value is -2.31. The summed E-state index contributed by atoms with van der Waals surface area (Å²) in [6.45, 7) is 0.307. The van der Waals surface area contributed by atoms with Gasteiger partial charge in [-0.25, -0.2) is 9.18 Å². The maximum Gasteiger partial charge on any atom is 0.319 e. The second-order valence-corrected chi connectivity index (χ2v) is 6.37. The van der Waals surface area contributed by atoms with Gasteiger partial charge >= 0.3 is 6.03 Å². The fraction of sp³-hybridized carbons (Fsp3) is 0.176. The highest BCUT2D eigenvalue weighted by atomic mass is 35.5. The zero-order valence-electron chi connectivity index (χ0n) is 12.9. The summed E-state index contributed by atoms with van der Waals surface area (Å²) in [7, 11) is 0. The molecule has 3 amide bonds. The summed E-state index contributed by atoms with van der Waals surface area (Å²) in [5, 5.41) is 5.91. The average Bonchev–Trinajstić information content (AvgIpc) is 2.93. The van der Waals surface area contributed by atoms with Crippen LogP contribution in [0.2, 0.25) is 10.0 Å². The van der Waals surface area contributed by atoms with E-state index in [1.54, 1.807) is 18.2 Å². The Bertz CT molecular complexity index is 814. The van der Waals surface area contributed by atoms with Crippen LogP contribution in [0.1, 0.15) is 6.42 Å². The zero-order valence-corrected chi connectivity index (χ0v) is 14.4. The number of rotatable bonds is 3. The Morgan fingerprint density at radius 1 is 1.16 bits per heavy atom. The lowest BCUT2D eigenvalue weighted by molar-refractivity contribution is -0.117. The van der Waals surface area contributed by atoms with Crippen LogP contribution in [0.5, 0.6) is 0 Å². The van der Waals surface area contributed by atoms with Gasteiger partial charge in [-0.1, -0.05) is 29.3 Å². The van der Waals surface area contributed by atoms with Gasteiger partial charge in [0.15, 0.2) is 0 Å². The van der Waals surface area contributed by atoms with Gasteiger partial charge in [-0.2, -0.15) is 0 Å². The third-order valence-electron chi connectivity index (χ3n) is 3.80. The molecule has 1 atom stereocenters. The normalized spacial score (nSPS) is 16.8. The van der Waals surface area contributed by atoms with Crippen molar-refractivity contribution >= 4 is 46.5 Å². The molecule has 1 heterocycles. The number of anilines is 2. The van der Waals surface area contributed by atoms with Gasteiger partial charge in [-0.15, -0.1) is 0 Å². The molecule has 0 saturated carbocycles. The van der Waals surface area contributed by atoms with Crippen LogP contribution in [0.25, 0.3) is 0 Å². The molecule has 0 aromatic heterocycles. The first kappa shape index (κ1) is 17.5. The van der Waals surface area contributed by atoms with Crippen molar-refractivity contribution < 1.29 is 14.0 Å². The molecular weight excluding hydrogens is 368 g/mol. The predicted octanol–water partition coefficient (Wildman–Crippen LogP) is 4.06. The number of benzene rings is 2. The van der Waals surface area contributed by atoms with Gasteiger partial charge in [0.2, 0.25) is 5.91 Å². The number of halogens is 3. The van der Waals surface area contributed by atoms with Gasteiger partial charge in [0.05, 0.1) is 21.8 Å². The van der Waals surface area contributed by atoms with Crippen LogP contribution in [0.4, 0.5) is 20.6 Å². The smallest absolute Gasteiger partial charge is 0.319 e. The SMILES string of the molecule is O=C(Nc1cccc(Cl)c1Cl)N[C@H]1CC(=O)N(c2ccc(F)cc2)C1. The molecule has 0 radical (unpaired) electrons. The summed E-state index contributed by atoms with van der Waals surface area (Å²) >= 11 is 11.9. The molecule has 1 fully saturated rings. The average molecular weight is 382 g/mol. The number of hydrogen-bond donors (Lipinski definition) is 2. The summed E-state index contributed by atoms with van der Waals surface area (Å²) in [5.74, 6) is -0.513. The second-order valence-electron chi connectivity index (χ2n) is 5.58. The molecule has 2 aromatic carbocycles. The number of urea groups is 1. The van der Waals surface area contributed by atoms with E-state index in [0.29, 0.717) is 22.9 Å². The van der Waals surface area contributed by atoms with Crippen LogP contribution in [-0.2, 0) is 4.79 Å². The lowest BCUT2D eigenvalue weighted by Gasteiger charge is -2.17. The first-order valence-corrected chi connectivity index (χ1v) is 8.27. The molecule has 0 spiro atoms. The summed E-state index contributed by atoms with van der Waals surface area (Å²) < 4.78 is 13.0. The van der Waals surface area contributed by atoms with E-state index in [-0.39, 0.29) is 29.2 Å². The van der Waals surface area contributed by atoms with Gasteiger partial charge in [0, 0.05) is 18.7 Å². The van der Waals surface area contributed by atoms with Crippen molar-refractivity contribution in [2.24, 2.45) is 0 Å². The number of carbonyl (C=O) groups excluding carboxylic acids is 2. The monoisotopic (exact) mass is 381 g/mol. The van der Waals surface area contributed by atoms with Crippen molar-refractivity contribution in [3.63, 3.8) is 0 Å². The summed E-state index contributed by atoms with van der Waals surface area (Å²) in [4.78, 5) is 25.8. The molecule has 3 rings (SSSR count). The molecule has 130 valence electrons. The predicted molar refractivity (Wildman–Crippen MR) is 95.8 cm³/mol. The molecule has 0 aliphatic carbocycles. The number of nitrogens with zero attached hydrogens (tertiary/aromatic N) is 1.